The number of aromatic nitrogens is 1. The summed E-state index contributed by atoms with van der Waals surface area (Å²) in [4.78, 5) is 31.8. The van der Waals surface area contributed by atoms with Crippen LogP contribution in [-0.2, 0) is 29.0 Å². The molecule has 0 saturated carbocycles. The third-order valence-corrected chi connectivity index (χ3v) is 5.84. The quantitative estimate of drug-likeness (QED) is 0.446. The van der Waals surface area contributed by atoms with Crippen molar-refractivity contribution in [2.75, 3.05) is 4.90 Å². The minimum absolute atomic E-state index is 0.0446. The Hall–Kier alpha value is -3.99. The number of carbonyl (C=O) groups excluding carboxylic acids is 2. The number of hydrogen-bond acceptors (Lipinski definition) is 5. The second-order valence-corrected chi connectivity index (χ2v) is 8.67. The molecule has 0 bridgehead atoms. The van der Waals surface area contributed by atoms with E-state index < -0.39 is 36.1 Å². The number of alkyl halides is 3. The molecule has 194 valence electrons. The van der Waals surface area contributed by atoms with E-state index in [1.165, 1.54) is 23.1 Å². The molecule has 3 aromatic rings. The van der Waals surface area contributed by atoms with Gasteiger partial charge in [-0.1, -0.05) is 30.3 Å². The molecule has 0 saturated heterocycles. The molecule has 2 amide bonds. The molecule has 37 heavy (non-hydrogen) atoms. The van der Waals surface area contributed by atoms with Gasteiger partial charge in [-0.3, -0.25) is 14.6 Å². The summed E-state index contributed by atoms with van der Waals surface area (Å²) >= 11 is 0. The Balaban J connectivity index is 1.44. The van der Waals surface area contributed by atoms with Gasteiger partial charge < -0.3 is 20.7 Å². The van der Waals surface area contributed by atoms with Crippen molar-refractivity contribution in [2.45, 2.75) is 44.3 Å². The highest BCUT2D eigenvalue weighted by atomic mass is 19.4. The van der Waals surface area contributed by atoms with Gasteiger partial charge in [0.15, 0.2) is 0 Å². The number of hydrogen-bond donors (Lipinski definition) is 2. The van der Waals surface area contributed by atoms with Gasteiger partial charge >= 0.3 is 6.36 Å². The predicted molar refractivity (Wildman–Crippen MR) is 127 cm³/mol. The minimum Gasteiger partial charge on any atom is -0.406 e. The number of pyridine rings is 1. The second kappa shape index (κ2) is 11.0. The number of nitrogens with zero attached hydrogens (tertiary/aromatic N) is 2. The highest BCUT2D eigenvalue weighted by molar-refractivity contribution is 6.01. The normalized spacial score (nSPS) is 16.2. The maximum Gasteiger partial charge on any atom is 0.573 e. The van der Waals surface area contributed by atoms with Crippen LogP contribution in [0.25, 0.3) is 0 Å². The molecule has 7 nitrogen and oxygen atoms in total. The molecule has 2 atom stereocenters. The lowest BCUT2D eigenvalue weighted by atomic mass is 9.99. The SMILES string of the molecule is N[C@@H](CC(=O)NC1Cc2ncccc2N(Cc2ccc(OC(F)(F)F)cc2)C1=O)Cc1ccccc1F. The fourth-order valence-electron chi connectivity index (χ4n) is 4.18. The summed E-state index contributed by atoms with van der Waals surface area (Å²) in [6, 6.07) is 13.1. The minimum atomic E-state index is -4.81. The highest BCUT2D eigenvalue weighted by Crippen LogP contribution is 2.29. The monoisotopic (exact) mass is 516 g/mol. The van der Waals surface area contributed by atoms with E-state index in [9.17, 15) is 27.2 Å². The Labute approximate surface area is 210 Å². The third-order valence-electron chi connectivity index (χ3n) is 5.84. The van der Waals surface area contributed by atoms with Crippen LogP contribution in [0.2, 0.25) is 0 Å². The molecule has 1 unspecified atom stereocenters. The van der Waals surface area contributed by atoms with Crippen LogP contribution >= 0.6 is 0 Å². The summed E-state index contributed by atoms with van der Waals surface area (Å²) in [7, 11) is 0. The molecule has 1 aliphatic heterocycles. The van der Waals surface area contributed by atoms with Crippen LogP contribution < -0.4 is 20.7 Å². The lowest BCUT2D eigenvalue weighted by molar-refractivity contribution is -0.274. The Morgan fingerprint density at radius 2 is 1.86 bits per heavy atom. The summed E-state index contributed by atoms with van der Waals surface area (Å²) in [5.74, 6) is -1.64. The predicted octanol–water partition coefficient (Wildman–Crippen LogP) is 3.65. The Bertz CT molecular complexity index is 1270. The molecular weight excluding hydrogens is 492 g/mol. The van der Waals surface area contributed by atoms with Crippen LogP contribution in [0.4, 0.5) is 23.2 Å². The van der Waals surface area contributed by atoms with E-state index in [2.05, 4.69) is 15.0 Å². The Morgan fingerprint density at radius 1 is 1.14 bits per heavy atom. The smallest absolute Gasteiger partial charge is 0.406 e. The molecule has 1 aliphatic rings. The van der Waals surface area contributed by atoms with E-state index in [4.69, 9.17) is 5.73 Å². The molecule has 2 aromatic carbocycles. The van der Waals surface area contributed by atoms with E-state index in [0.717, 1.165) is 12.1 Å². The fourth-order valence-corrected chi connectivity index (χ4v) is 4.18. The van der Waals surface area contributed by atoms with Crippen molar-refractivity contribution in [3.8, 4) is 5.75 Å². The zero-order chi connectivity index (χ0) is 26.6. The zero-order valence-corrected chi connectivity index (χ0v) is 19.5. The Kier molecular flexibility index (Phi) is 7.72. The first-order valence-electron chi connectivity index (χ1n) is 11.5. The molecule has 1 aromatic heterocycles. The fraction of sp³-hybridized carbons (Fsp3) is 0.269. The molecule has 4 rings (SSSR count). The van der Waals surface area contributed by atoms with E-state index in [1.807, 2.05) is 0 Å². The average molecular weight is 516 g/mol. The van der Waals surface area contributed by atoms with Crippen LogP contribution in [0.1, 0.15) is 23.2 Å². The summed E-state index contributed by atoms with van der Waals surface area (Å²) in [6.45, 7) is 0.0446. The van der Waals surface area contributed by atoms with Gasteiger partial charge in [-0.2, -0.15) is 0 Å². The van der Waals surface area contributed by atoms with Crippen molar-refractivity contribution in [3.63, 3.8) is 0 Å². The molecule has 0 fully saturated rings. The van der Waals surface area contributed by atoms with E-state index >= 15 is 0 Å². The van der Waals surface area contributed by atoms with Crippen molar-refractivity contribution < 1.29 is 31.9 Å². The third kappa shape index (κ3) is 6.82. The number of halogens is 4. The second-order valence-electron chi connectivity index (χ2n) is 8.67. The van der Waals surface area contributed by atoms with E-state index in [-0.39, 0.29) is 31.6 Å². The number of fused-ring (bicyclic) bond motifs is 1. The first-order valence-corrected chi connectivity index (χ1v) is 11.5. The maximum atomic E-state index is 13.9. The molecule has 0 radical (unpaired) electrons. The molecule has 11 heteroatoms. The van der Waals surface area contributed by atoms with Crippen molar-refractivity contribution in [1.29, 1.82) is 0 Å². The lowest BCUT2D eigenvalue weighted by Gasteiger charge is -2.34. The van der Waals surface area contributed by atoms with Gasteiger partial charge in [-0.25, -0.2) is 4.39 Å². The van der Waals surface area contributed by atoms with Gasteiger partial charge in [0.05, 0.1) is 17.9 Å². The van der Waals surface area contributed by atoms with Gasteiger partial charge in [0.2, 0.25) is 11.8 Å². The van der Waals surface area contributed by atoms with Crippen molar-refractivity contribution >= 4 is 17.5 Å². The number of ether oxygens (including phenoxy) is 1. The van der Waals surface area contributed by atoms with E-state index in [0.29, 0.717) is 22.5 Å². The maximum absolute atomic E-state index is 13.9. The molecule has 3 N–H and O–H groups in total. The summed E-state index contributed by atoms with van der Waals surface area (Å²) in [5, 5.41) is 2.70. The number of carbonyl (C=O) groups is 2. The Morgan fingerprint density at radius 3 is 2.57 bits per heavy atom. The van der Waals surface area contributed by atoms with Gasteiger partial charge in [0.25, 0.3) is 0 Å². The number of rotatable bonds is 8. The first-order chi connectivity index (χ1) is 17.6. The van der Waals surface area contributed by atoms with Crippen LogP contribution in [0.5, 0.6) is 5.75 Å². The topological polar surface area (TPSA) is 97.6 Å². The standard InChI is InChI=1S/C26H24F4N4O3/c27-20-5-2-1-4-17(20)12-18(31)13-24(35)33-22-14-21-23(6-3-11-32-21)34(25(22)36)15-16-7-9-19(10-8-16)37-26(28,29)30/h1-11,18,22H,12-15,31H2,(H,33,35)/t18-,22?/m1/s1. The molecule has 2 heterocycles. The lowest BCUT2D eigenvalue weighted by Crippen LogP contribution is -2.53. The van der Waals surface area contributed by atoms with E-state index in [1.54, 1.807) is 36.5 Å². The number of nitrogens with two attached hydrogens (primary N) is 1. The largest absolute Gasteiger partial charge is 0.573 e. The van der Waals surface area contributed by atoms with Crippen LogP contribution in [-0.4, -0.2) is 35.2 Å². The van der Waals surface area contributed by atoms with Gasteiger partial charge in [0, 0.05) is 25.1 Å². The highest BCUT2D eigenvalue weighted by Gasteiger charge is 2.35. The van der Waals surface area contributed by atoms with Crippen LogP contribution in [0.15, 0.2) is 66.9 Å². The summed E-state index contributed by atoms with van der Waals surface area (Å²) in [5.41, 5.74) is 8.13. The van der Waals surface area contributed by atoms with Crippen molar-refractivity contribution in [3.05, 3.63) is 89.5 Å². The number of amides is 2. The number of benzene rings is 2. The average Bonchev–Trinajstić information content (AvgIpc) is 2.83. The number of anilines is 1. The zero-order valence-electron chi connectivity index (χ0n) is 19.5. The van der Waals surface area contributed by atoms with Crippen LogP contribution in [0, 0.1) is 5.82 Å². The first kappa shape index (κ1) is 26.1. The van der Waals surface area contributed by atoms with Gasteiger partial charge in [0.1, 0.15) is 17.6 Å². The summed E-state index contributed by atoms with van der Waals surface area (Å²) in [6.07, 6.45) is -3.03. The van der Waals surface area contributed by atoms with Crippen molar-refractivity contribution in [2.24, 2.45) is 5.73 Å². The van der Waals surface area contributed by atoms with Gasteiger partial charge in [-0.15, -0.1) is 13.2 Å². The van der Waals surface area contributed by atoms with Gasteiger partial charge in [-0.05, 0) is 47.9 Å². The molecular formula is C26H24F4N4O3. The summed E-state index contributed by atoms with van der Waals surface area (Å²) < 4.78 is 55.1. The van der Waals surface area contributed by atoms with Crippen molar-refractivity contribution in [1.82, 2.24) is 10.3 Å². The molecule has 0 aliphatic carbocycles. The number of nitrogens with one attached hydrogen (secondary N) is 1. The molecule has 0 spiro atoms. The van der Waals surface area contributed by atoms with Crippen LogP contribution in [0.3, 0.4) is 0 Å².